The van der Waals surface area contributed by atoms with E-state index in [1.54, 1.807) is 12.4 Å². The lowest BCUT2D eigenvalue weighted by Crippen LogP contribution is -2.42. The number of pyridine rings is 1. The van der Waals surface area contributed by atoms with Crippen LogP contribution in [0.4, 0.5) is 4.79 Å². The van der Waals surface area contributed by atoms with Crippen molar-refractivity contribution in [3.05, 3.63) is 29.6 Å². The number of amides is 2. The zero-order valence-corrected chi connectivity index (χ0v) is 10.6. The maximum Gasteiger partial charge on any atom is 0.323 e. The second kappa shape index (κ2) is 7.01. The molecule has 0 aliphatic heterocycles. The van der Waals surface area contributed by atoms with Crippen LogP contribution in [-0.4, -0.2) is 40.1 Å². The zero-order chi connectivity index (χ0) is 14.3. The van der Waals surface area contributed by atoms with E-state index in [0.29, 0.717) is 0 Å². The number of terminal acetylenes is 1. The van der Waals surface area contributed by atoms with Gasteiger partial charge in [0.05, 0.1) is 6.54 Å². The quantitative estimate of drug-likeness (QED) is 0.761. The van der Waals surface area contributed by atoms with Crippen LogP contribution in [0.5, 0.6) is 0 Å². The van der Waals surface area contributed by atoms with Gasteiger partial charge in [0.2, 0.25) is 0 Å². The van der Waals surface area contributed by atoms with E-state index in [2.05, 4.69) is 16.2 Å². The molecule has 0 aromatic carbocycles. The molecule has 0 fully saturated rings. The van der Waals surface area contributed by atoms with Gasteiger partial charge in [0.1, 0.15) is 6.54 Å². The second-order valence-corrected chi connectivity index (χ2v) is 3.91. The first-order chi connectivity index (χ1) is 9.04. The highest BCUT2D eigenvalue weighted by molar-refractivity contribution is 5.80. The van der Waals surface area contributed by atoms with Crippen molar-refractivity contribution in [1.82, 2.24) is 15.2 Å². The molecule has 0 aliphatic carbocycles. The molecule has 2 N–H and O–H groups in total. The predicted octanol–water partition coefficient (Wildman–Crippen LogP) is 0.619. The number of urea groups is 1. The maximum atomic E-state index is 11.8. The molecule has 0 unspecified atom stereocenters. The first-order valence-corrected chi connectivity index (χ1v) is 5.62. The van der Waals surface area contributed by atoms with E-state index in [0.717, 1.165) is 16.0 Å². The Kier molecular flexibility index (Phi) is 5.35. The van der Waals surface area contributed by atoms with Crippen molar-refractivity contribution in [3.8, 4) is 12.3 Å². The van der Waals surface area contributed by atoms with Crippen molar-refractivity contribution in [2.75, 3.05) is 13.1 Å². The second-order valence-electron chi connectivity index (χ2n) is 3.91. The van der Waals surface area contributed by atoms with E-state index < -0.39 is 18.5 Å². The Labute approximate surface area is 111 Å². The molecular formula is C13H15N3O3. The molecule has 6 heteroatoms. The number of carboxylic acid groups (broad SMARTS) is 1. The summed E-state index contributed by atoms with van der Waals surface area (Å²) in [6.45, 7) is 1.70. The smallest absolute Gasteiger partial charge is 0.323 e. The van der Waals surface area contributed by atoms with Crippen LogP contribution in [0.2, 0.25) is 0 Å². The van der Waals surface area contributed by atoms with Crippen LogP contribution in [0, 0.1) is 19.3 Å². The zero-order valence-electron chi connectivity index (χ0n) is 10.6. The normalized spacial score (nSPS) is 9.47. The van der Waals surface area contributed by atoms with Gasteiger partial charge in [-0.15, -0.1) is 6.42 Å². The summed E-state index contributed by atoms with van der Waals surface area (Å²) < 4.78 is 0. The molecule has 0 bridgehead atoms. The summed E-state index contributed by atoms with van der Waals surface area (Å²) in [7, 11) is 0. The van der Waals surface area contributed by atoms with Gasteiger partial charge in [0.25, 0.3) is 0 Å². The lowest BCUT2D eigenvalue weighted by molar-refractivity contribution is -0.137. The number of carbonyl (C=O) groups excluding carboxylic acids is 1. The third-order valence-electron chi connectivity index (χ3n) is 2.47. The van der Waals surface area contributed by atoms with Gasteiger partial charge in [-0.1, -0.05) is 5.92 Å². The lowest BCUT2D eigenvalue weighted by atomic mass is 10.2. The van der Waals surface area contributed by atoms with Gasteiger partial charge >= 0.3 is 12.0 Å². The first kappa shape index (κ1) is 14.5. The largest absolute Gasteiger partial charge is 0.480 e. The van der Waals surface area contributed by atoms with Crippen LogP contribution in [0.15, 0.2) is 18.5 Å². The van der Waals surface area contributed by atoms with Gasteiger partial charge in [-0.05, 0) is 24.1 Å². The van der Waals surface area contributed by atoms with E-state index in [1.807, 2.05) is 13.0 Å². The summed E-state index contributed by atoms with van der Waals surface area (Å²) >= 11 is 0. The summed E-state index contributed by atoms with van der Waals surface area (Å²) in [6, 6.07) is 1.32. The summed E-state index contributed by atoms with van der Waals surface area (Å²) in [4.78, 5) is 27.4. The van der Waals surface area contributed by atoms with E-state index in [-0.39, 0.29) is 13.1 Å². The lowest BCUT2D eigenvalue weighted by Gasteiger charge is -2.18. The fourth-order valence-corrected chi connectivity index (χ4v) is 1.44. The Morgan fingerprint density at radius 1 is 1.58 bits per heavy atom. The minimum atomic E-state index is -1.11. The van der Waals surface area contributed by atoms with Crippen LogP contribution in [0.25, 0.3) is 0 Å². The third-order valence-corrected chi connectivity index (χ3v) is 2.47. The number of hydrogen-bond acceptors (Lipinski definition) is 3. The predicted molar refractivity (Wildman–Crippen MR) is 69.3 cm³/mol. The molecule has 0 radical (unpaired) electrons. The molecule has 1 heterocycles. The SMILES string of the molecule is C#CCN(CC(=O)O)C(=O)NCc1cnccc1C. The van der Waals surface area contributed by atoms with E-state index >= 15 is 0 Å². The van der Waals surface area contributed by atoms with E-state index in [4.69, 9.17) is 11.5 Å². The number of aromatic nitrogens is 1. The Morgan fingerprint density at radius 2 is 2.32 bits per heavy atom. The van der Waals surface area contributed by atoms with E-state index in [1.165, 1.54) is 0 Å². The first-order valence-electron chi connectivity index (χ1n) is 5.62. The highest BCUT2D eigenvalue weighted by Gasteiger charge is 2.15. The molecule has 1 aromatic heterocycles. The molecule has 0 saturated heterocycles. The number of nitrogens with zero attached hydrogens (tertiary/aromatic N) is 2. The molecule has 6 nitrogen and oxygen atoms in total. The fraction of sp³-hybridized carbons (Fsp3) is 0.308. The summed E-state index contributed by atoms with van der Waals surface area (Å²) in [5, 5.41) is 11.3. The van der Waals surface area contributed by atoms with Gasteiger partial charge in [-0.2, -0.15) is 0 Å². The Hall–Kier alpha value is -2.55. The number of rotatable bonds is 5. The third kappa shape index (κ3) is 4.68. The van der Waals surface area contributed by atoms with Crippen LogP contribution < -0.4 is 5.32 Å². The number of hydrogen-bond donors (Lipinski definition) is 2. The Morgan fingerprint density at radius 3 is 2.89 bits per heavy atom. The number of carbonyl (C=O) groups is 2. The van der Waals surface area contributed by atoms with Gasteiger partial charge in [0, 0.05) is 18.9 Å². The highest BCUT2D eigenvalue weighted by atomic mass is 16.4. The van der Waals surface area contributed by atoms with Crippen molar-refractivity contribution in [2.24, 2.45) is 0 Å². The number of carboxylic acids is 1. The molecule has 0 saturated carbocycles. The summed E-state index contributed by atoms with van der Waals surface area (Å²) in [6.07, 6.45) is 8.41. The molecule has 1 aromatic rings. The van der Waals surface area contributed by atoms with Crippen LogP contribution in [0.1, 0.15) is 11.1 Å². The number of aryl methyl sites for hydroxylation is 1. The van der Waals surface area contributed by atoms with Crippen molar-refractivity contribution in [3.63, 3.8) is 0 Å². The summed E-state index contributed by atoms with van der Waals surface area (Å²) in [5.74, 6) is 1.14. The van der Waals surface area contributed by atoms with Gasteiger partial charge < -0.3 is 15.3 Å². The highest BCUT2D eigenvalue weighted by Crippen LogP contribution is 2.04. The molecule has 19 heavy (non-hydrogen) atoms. The molecule has 0 spiro atoms. The van der Waals surface area contributed by atoms with Crippen LogP contribution in [-0.2, 0) is 11.3 Å². The standard InChI is InChI=1S/C13H15N3O3/c1-3-6-16(9-12(17)18)13(19)15-8-11-7-14-5-4-10(11)2/h1,4-5,7H,6,8-9H2,2H3,(H,15,19)(H,17,18). The topological polar surface area (TPSA) is 82.5 Å². The fourth-order valence-electron chi connectivity index (χ4n) is 1.44. The van der Waals surface area contributed by atoms with E-state index in [9.17, 15) is 9.59 Å². The molecule has 0 atom stereocenters. The molecule has 1 rings (SSSR count). The van der Waals surface area contributed by atoms with Crippen molar-refractivity contribution < 1.29 is 14.7 Å². The average Bonchev–Trinajstić information content (AvgIpc) is 2.36. The van der Waals surface area contributed by atoms with Gasteiger partial charge in [0.15, 0.2) is 0 Å². The summed E-state index contributed by atoms with van der Waals surface area (Å²) in [5.41, 5.74) is 1.86. The molecular weight excluding hydrogens is 246 g/mol. The number of nitrogens with one attached hydrogen (secondary N) is 1. The van der Waals surface area contributed by atoms with Crippen LogP contribution in [0.3, 0.4) is 0 Å². The minimum absolute atomic E-state index is 0.0514. The Bertz CT molecular complexity index is 508. The Balaban J connectivity index is 2.60. The van der Waals surface area contributed by atoms with Gasteiger partial charge in [-0.25, -0.2) is 4.79 Å². The van der Waals surface area contributed by atoms with Crippen molar-refractivity contribution in [1.29, 1.82) is 0 Å². The molecule has 0 aliphatic rings. The van der Waals surface area contributed by atoms with Crippen LogP contribution >= 0.6 is 0 Å². The van der Waals surface area contributed by atoms with Gasteiger partial charge in [-0.3, -0.25) is 9.78 Å². The average molecular weight is 261 g/mol. The number of aliphatic carboxylic acids is 1. The molecule has 100 valence electrons. The van der Waals surface area contributed by atoms with Crippen molar-refractivity contribution in [2.45, 2.75) is 13.5 Å². The maximum absolute atomic E-state index is 11.8. The minimum Gasteiger partial charge on any atom is -0.480 e. The molecule has 2 amide bonds. The monoisotopic (exact) mass is 261 g/mol. The van der Waals surface area contributed by atoms with Crippen molar-refractivity contribution >= 4 is 12.0 Å².